The van der Waals surface area contributed by atoms with Crippen LogP contribution in [0.5, 0.6) is 0 Å². The van der Waals surface area contributed by atoms with E-state index in [-0.39, 0.29) is 25.4 Å². The molecule has 1 N–H and O–H groups in total. The lowest BCUT2D eigenvalue weighted by molar-refractivity contribution is -0.0476. The zero-order valence-corrected chi connectivity index (χ0v) is 7.77. The minimum absolute atomic E-state index is 0.0551. The number of rotatable bonds is 4. The van der Waals surface area contributed by atoms with Crippen molar-refractivity contribution in [3.05, 3.63) is 0 Å². The van der Waals surface area contributed by atoms with Gasteiger partial charge < -0.3 is 14.6 Å². The summed E-state index contributed by atoms with van der Waals surface area (Å²) in [7, 11) is 0. The highest BCUT2D eigenvalue weighted by Crippen LogP contribution is 2.22. The molecule has 4 heteroatoms. The molecular weight excluding hydrogens is 170 g/mol. The van der Waals surface area contributed by atoms with Gasteiger partial charge in [0.25, 0.3) is 0 Å². The summed E-state index contributed by atoms with van der Waals surface area (Å²) in [6, 6.07) is 2.04. The maximum atomic E-state index is 8.76. The lowest BCUT2D eigenvalue weighted by Crippen LogP contribution is -2.28. The van der Waals surface area contributed by atoms with Crippen molar-refractivity contribution in [2.24, 2.45) is 0 Å². The Labute approximate surface area is 78.1 Å². The van der Waals surface area contributed by atoms with Crippen molar-refractivity contribution in [2.45, 2.75) is 38.1 Å². The van der Waals surface area contributed by atoms with E-state index in [1.54, 1.807) is 0 Å². The molecule has 0 amide bonds. The fraction of sp³-hybridized carbons (Fsp3) is 0.889. The van der Waals surface area contributed by atoms with Crippen molar-refractivity contribution >= 4 is 0 Å². The second-order valence-electron chi connectivity index (χ2n) is 3.21. The second-order valence-corrected chi connectivity index (χ2v) is 3.21. The maximum Gasteiger partial charge on any atom is 0.170 e. The molecule has 1 aliphatic rings. The van der Waals surface area contributed by atoms with E-state index >= 15 is 0 Å². The van der Waals surface area contributed by atoms with E-state index in [1.165, 1.54) is 0 Å². The van der Waals surface area contributed by atoms with Crippen LogP contribution in [0.3, 0.4) is 0 Å². The van der Waals surface area contributed by atoms with Crippen LogP contribution in [0.15, 0.2) is 0 Å². The predicted octanol–water partition coefficient (Wildman–Crippen LogP) is 0.455. The summed E-state index contributed by atoms with van der Waals surface area (Å²) in [5.74, 6) is 0. The van der Waals surface area contributed by atoms with Crippen molar-refractivity contribution in [1.82, 2.24) is 0 Å². The molecule has 1 heterocycles. The van der Waals surface area contributed by atoms with Gasteiger partial charge in [-0.05, 0) is 19.8 Å². The quantitative estimate of drug-likeness (QED) is 0.691. The average Bonchev–Trinajstić information content (AvgIpc) is 2.54. The number of aliphatic hydroxyl groups excluding tert-OH is 1. The van der Waals surface area contributed by atoms with Crippen LogP contribution in [0.1, 0.15) is 19.8 Å². The lowest BCUT2D eigenvalue weighted by Gasteiger charge is -2.16. The number of nitrogens with zero attached hydrogens (tertiary/aromatic N) is 1. The average molecular weight is 185 g/mol. The van der Waals surface area contributed by atoms with Gasteiger partial charge >= 0.3 is 0 Å². The van der Waals surface area contributed by atoms with E-state index < -0.39 is 6.10 Å². The van der Waals surface area contributed by atoms with E-state index in [9.17, 15) is 0 Å². The molecule has 0 saturated carbocycles. The molecule has 1 rings (SSSR count). The van der Waals surface area contributed by atoms with Gasteiger partial charge in [0, 0.05) is 0 Å². The Hall–Kier alpha value is -0.630. The van der Waals surface area contributed by atoms with Crippen LogP contribution < -0.4 is 0 Å². The molecule has 74 valence electrons. The Kier molecular flexibility index (Phi) is 4.16. The molecular formula is C9H15NO3. The number of hydrogen-bond donors (Lipinski definition) is 1. The molecule has 0 aromatic heterocycles. The molecule has 1 fully saturated rings. The topological polar surface area (TPSA) is 62.5 Å². The Morgan fingerprint density at radius 2 is 2.46 bits per heavy atom. The molecule has 0 aliphatic carbocycles. The summed E-state index contributed by atoms with van der Waals surface area (Å²) in [6.07, 6.45) is 1.41. The van der Waals surface area contributed by atoms with Gasteiger partial charge in [0.05, 0.1) is 31.5 Å². The molecule has 4 nitrogen and oxygen atoms in total. The van der Waals surface area contributed by atoms with Crippen molar-refractivity contribution in [3.8, 4) is 6.07 Å². The summed E-state index contributed by atoms with van der Waals surface area (Å²) in [5.41, 5.74) is 0. The first-order chi connectivity index (χ1) is 6.27. The number of nitriles is 1. The zero-order chi connectivity index (χ0) is 9.68. The largest absolute Gasteiger partial charge is 0.394 e. The molecule has 1 saturated heterocycles. The third-order valence-electron chi connectivity index (χ3n) is 2.12. The van der Waals surface area contributed by atoms with Crippen LogP contribution in [0.25, 0.3) is 0 Å². The van der Waals surface area contributed by atoms with Gasteiger partial charge in [-0.2, -0.15) is 5.26 Å². The van der Waals surface area contributed by atoms with Crippen LogP contribution in [-0.2, 0) is 9.47 Å². The fourth-order valence-corrected chi connectivity index (χ4v) is 1.46. The molecule has 0 bridgehead atoms. The molecule has 3 atom stereocenters. The first-order valence-electron chi connectivity index (χ1n) is 4.55. The molecule has 0 aromatic carbocycles. The SMILES string of the molecule is CC1CCC(C(C#N)OCCO)O1. The van der Waals surface area contributed by atoms with E-state index in [0.717, 1.165) is 12.8 Å². The molecule has 1 aliphatic heterocycles. The summed E-state index contributed by atoms with van der Waals surface area (Å²) in [6.45, 7) is 2.13. The van der Waals surface area contributed by atoms with Gasteiger partial charge in [-0.3, -0.25) is 0 Å². The van der Waals surface area contributed by atoms with Crippen LogP contribution in [0, 0.1) is 11.3 Å². The highest BCUT2D eigenvalue weighted by molar-refractivity contribution is 4.93. The molecule has 13 heavy (non-hydrogen) atoms. The third-order valence-corrected chi connectivity index (χ3v) is 2.12. The maximum absolute atomic E-state index is 8.76. The van der Waals surface area contributed by atoms with Crippen LogP contribution >= 0.6 is 0 Å². The summed E-state index contributed by atoms with van der Waals surface area (Å²) in [5, 5.41) is 17.3. The minimum Gasteiger partial charge on any atom is -0.394 e. The van der Waals surface area contributed by atoms with Crippen LogP contribution in [-0.4, -0.2) is 36.6 Å². The van der Waals surface area contributed by atoms with Gasteiger partial charge in [0.15, 0.2) is 6.10 Å². The smallest absolute Gasteiger partial charge is 0.170 e. The monoisotopic (exact) mass is 185 g/mol. The highest BCUT2D eigenvalue weighted by atomic mass is 16.6. The van der Waals surface area contributed by atoms with Gasteiger partial charge in [0.1, 0.15) is 0 Å². The van der Waals surface area contributed by atoms with Crippen LogP contribution in [0.2, 0.25) is 0 Å². The van der Waals surface area contributed by atoms with E-state index in [1.807, 2.05) is 13.0 Å². The number of hydrogen-bond acceptors (Lipinski definition) is 4. The first kappa shape index (κ1) is 10.5. The fourth-order valence-electron chi connectivity index (χ4n) is 1.46. The Morgan fingerprint density at radius 3 is 2.92 bits per heavy atom. The van der Waals surface area contributed by atoms with Gasteiger partial charge in [-0.15, -0.1) is 0 Å². The molecule has 0 aromatic rings. The van der Waals surface area contributed by atoms with E-state index in [0.29, 0.717) is 0 Å². The van der Waals surface area contributed by atoms with Gasteiger partial charge in [0.2, 0.25) is 0 Å². The van der Waals surface area contributed by atoms with Crippen molar-refractivity contribution in [1.29, 1.82) is 5.26 Å². The van der Waals surface area contributed by atoms with Crippen molar-refractivity contribution in [3.63, 3.8) is 0 Å². The van der Waals surface area contributed by atoms with Gasteiger partial charge in [-0.1, -0.05) is 0 Å². The van der Waals surface area contributed by atoms with E-state index in [4.69, 9.17) is 19.8 Å². The Balaban J connectivity index is 2.34. The second kappa shape index (κ2) is 5.18. The van der Waals surface area contributed by atoms with Crippen molar-refractivity contribution < 1.29 is 14.6 Å². The van der Waals surface area contributed by atoms with Crippen molar-refractivity contribution in [2.75, 3.05) is 13.2 Å². The Morgan fingerprint density at radius 1 is 1.69 bits per heavy atom. The summed E-state index contributed by atoms with van der Waals surface area (Å²) < 4.78 is 10.6. The Bertz CT molecular complexity index is 190. The highest BCUT2D eigenvalue weighted by Gasteiger charge is 2.30. The molecule has 3 unspecified atom stereocenters. The summed E-state index contributed by atoms with van der Waals surface area (Å²) in [4.78, 5) is 0. The number of aliphatic hydroxyl groups is 1. The first-order valence-corrected chi connectivity index (χ1v) is 4.55. The number of ether oxygens (including phenoxy) is 2. The molecule has 0 radical (unpaired) electrons. The predicted molar refractivity (Wildman–Crippen MR) is 46.0 cm³/mol. The summed E-state index contributed by atoms with van der Waals surface area (Å²) >= 11 is 0. The molecule has 0 spiro atoms. The lowest BCUT2D eigenvalue weighted by atomic mass is 10.1. The van der Waals surface area contributed by atoms with E-state index in [2.05, 4.69) is 0 Å². The van der Waals surface area contributed by atoms with Crippen LogP contribution in [0.4, 0.5) is 0 Å². The minimum atomic E-state index is -0.530. The normalized spacial score (nSPS) is 29.9. The zero-order valence-electron chi connectivity index (χ0n) is 7.77. The third kappa shape index (κ3) is 2.96. The van der Waals surface area contributed by atoms with Gasteiger partial charge in [-0.25, -0.2) is 0 Å². The standard InChI is InChI=1S/C9H15NO3/c1-7-2-3-8(13-7)9(6-10)12-5-4-11/h7-9,11H,2-5H2,1H3.